The lowest BCUT2D eigenvalue weighted by Crippen LogP contribution is -2.01. The minimum atomic E-state index is -0.580. The minimum absolute atomic E-state index is 0.141. The smallest absolute Gasteiger partial charge is 0.267 e. The summed E-state index contributed by atoms with van der Waals surface area (Å²) in [6.45, 7) is 4.87. The molecule has 0 heterocycles. The first kappa shape index (κ1) is 16.2. The maximum Gasteiger partial charge on any atom is 0.284 e. The fourth-order valence-electron chi connectivity index (χ4n) is 1.84. The van der Waals surface area contributed by atoms with E-state index >= 15 is 0 Å². The number of hydrogen-bond donors (Lipinski definition) is 0. The van der Waals surface area contributed by atoms with Crippen molar-refractivity contribution in [2.24, 2.45) is 4.99 Å². The number of hydrogen-bond acceptors (Lipinski definition) is 4. The van der Waals surface area contributed by atoms with Crippen LogP contribution in [0.1, 0.15) is 15.9 Å². The van der Waals surface area contributed by atoms with Crippen LogP contribution in [0, 0.1) is 17.0 Å². The van der Waals surface area contributed by atoms with E-state index in [-0.39, 0.29) is 11.3 Å². The molecule has 0 bridgehead atoms. The van der Waals surface area contributed by atoms with Crippen molar-refractivity contribution in [2.75, 3.05) is 0 Å². The lowest BCUT2D eigenvalue weighted by atomic mass is 10.1. The van der Waals surface area contributed by atoms with Gasteiger partial charge in [-0.25, -0.2) is 4.99 Å². The molecule has 0 unspecified atom stereocenters. The highest BCUT2D eigenvalue weighted by molar-refractivity contribution is 7.99. The van der Waals surface area contributed by atoms with E-state index in [0.717, 1.165) is 4.90 Å². The predicted molar refractivity (Wildman–Crippen MR) is 87.3 cm³/mol. The monoisotopic (exact) mass is 334 g/mol. The molecule has 0 aliphatic carbocycles. The highest BCUT2D eigenvalue weighted by Gasteiger charge is 2.20. The van der Waals surface area contributed by atoms with Gasteiger partial charge in [-0.15, -0.1) is 0 Å². The third kappa shape index (κ3) is 3.52. The van der Waals surface area contributed by atoms with Gasteiger partial charge >= 0.3 is 0 Å². The Hall–Kier alpha value is -2.18. The van der Waals surface area contributed by atoms with Crippen molar-refractivity contribution in [1.29, 1.82) is 0 Å². The average Bonchev–Trinajstić information content (AvgIpc) is 2.48. The second kappa shape index (κ2) is 6.72. The number of aryl methyl sites for hydroxylation is 1. The number of nitrogens with zero attached hydrogens (tertiary/aromatic N) is 2. The van der Waals surface area contributed by atoms with E-state index < -0.39 is 10.8 Å². The number of nitro groups is 1. The molecule has 1 amide bonds. The molecule has 0 radical (unpaired) electrons. The summed E-state index contributed by atoms with van der Waals surface area (Å²) in [5.74, 6) is -0.580. The van der Waals surface area contributed by atoms with Crippen molar-refractivity contribution in [1.82, 2.24) is 0 Å². The number of carbonyl (C=O) groups excluding carboxylic acids is 1. The maximum atomic E-state index is 11.6. The van der Waals surface area contributed by atoms with Gasteiger partial charge in [0, 0.05) is 16.0 Å². The highest BCUT2D eigenvalue weighted by atomic mass is 35.5. The van der Waals surface area contributed by atoms with E-state index in [4.69, 9.17) is 11.6 Å². The van der Waals surface area contributed by atoms with Gasteiger partial charge in [-0.3, -0.25) is 14.9 Å². The molecular formula is C15H11ClN2O3S. The molecule has 0 saturated carbocycles. The van der Waals surface area contributed by atoms with Crippen LogP contribution in [0.3, 0.4) is 0 Å². The topological polar surface area (TPSA) is 72.6 Å². The van der Waals surface area contributed by atoms with Crippen LogP contribution in [0.4, 0.5) is 5.69 Å². The summed E-state index contributed by atoms with van der Waals surface area (Å²) in [6, 6.07) is 9.82. The zero-order valence-electron chi connectivity index (χ0n) is 11.6. The van der Waals surface area contributed by atoms with Gasteiger partial charge in [0.05, 0.1) is 15.4 Å². The number of nitro benzene ring substituents is 1. The van der Waals surface area contributed by atoms with Crippen molar-refractivity contribution in [3.05, 3.63) is 62.7 Å². The summed E-state index contributed by atoms with van der Waals surface area (Å²) >= 11 is 7.06. The summed E-state index contributed by atoms with van der Waals surface area (Å²) in [4.78, 5) is 27.0. The maximum absolute atomic E-state index is 11.6. The van der Waals surface area contributed by atoms with Crippen LogP contribution in [0.2, 0.25) is 5.02 Å². The summed E-state index contributed by atoms with van der Waals surface area (Å²) in [5.41, 5.74) is 0.652. The average molecular weight is 335 g/mol. The molecule has 7 heteroatoms. The number of rotatable bonds is 4. The standard InChI is InChI=1S/C15H11ClN2O3S/c1-9-7-14(22-11-5-3-10(16)4-6-11)13(18(20)21)8-12(9)15(19)17-2/h3-8H,2H2,1H3. The second-order valence-corrected chi connectivity index (χ2v) is 5.96. The first-order valence-electron chi connectivity index (χ1n) is 6.16. The van der Waals surface area contributed by atoms with Crippen LogP contribution in [-0.2, 0) is 0 Å². The number of carbonyl (C=O) groups is 1. The number of benzene rings is 2. The lowest BCUT2D eigenvalue weighted by molar-refractivity contribution is -0.387. The fourth-order valence-corrected chi connectivity index (χ4v) is 2.97. The Balaban J connectivity index is 2.48. The quantitative estimate of drug-likeness (QED) is 0.467. The van der Waals surface area contributed by atoms with Gasteiger partial charge in [-0.2, -0.15) is 0 Å². The number of amides is 1. The summed E-state index contributed by atoms with van der Waals surface area (Å²) in [7, 11) is 0. The van der Waals surface area contributed by atoms with Gasteiger partial charge < -0.3 is 0 Å². The van der Waals surface area contributed by atoms with Gasteiger partial charge in [0.1, 0.15) is 0 Å². The molecule has 2 aromatic carbocycles. The SMILES string of the molecule is C=NC(=O)c1cc([N+](=O)[O-])c(Sc2ccc(Cl)cc2)cc1C. The Morgan fingerprint density at radius 2 is 1.95 bits per heavy atom. The molecule has 0 N–H and O–H groups in total. The van der Waals surface area contributed by atoms with Crippen LogP contribution in [0.25, 0.3) is 0 Å². The van der Waals surface area contributed by atoms with Crippen molar-refractivity contribution in [2.45, 2.75) is 16.7 Å². The molecular weight excluding hydrogens is 324 g/mol. The first-order valence-corrected chi connectivity index (χ1v) is 7.35. The Labute approximate surface area is 136 Å². The van der Waals surface area contributed by atoms with E-state index in [9.17, 15) is 14.9 Å². The van der Waals surface area contributed by atoms with E-state index in [0.29, 0.717) is 15.5 Å². The predicted octanol–water partition coefficient (Wildman–Crippen LogP) is 4.55. The largest absolute Gasteiger partial charge is 0.284 e. The third-order valence-corrected chi connectivity index (χ3v) is 4.22. The molecule has 0 atom stereocenters. The van der Waals surface area contributed by atoms with Crippen LogP contribution < -0.4 is 0 Å². The molecule has 2 rings (SSSR count). The van der Waals surface area contributed by atoms with E-state index in [2.05, 4.69) is 11.7 Å². The summed E-state index contributed by atoms with van der Waals surface area (Å²) < 4.78 is 0. The Morgan fingerprint density at radius 3 is 2.50 bits per heavy atom. The molecule has 0 aliphatic heterocycles. The minimum Gasteiger partial charge on any atom is -0.267 e. The molecule has 22 heavy (non-hydrogen) atoms. The first-order chi connectivity index (χ1) is 10.4. The van der Waals surface area contributed by atoms with Crippen molar-refractivity contribution < 1.29 is 9.72 Å². The van der Waals surface area contributed by atoms with Crippen LogP contribution in [0.5, 0.6) is 0 Å². The normalized spacial score (nSPS) is 10.3. The van der Waals surface area contributed by atoms with Gasteiger partial charge in [0.2, 0.25) is 0 Å². The Bertz CT molecular complexity index is 760. The zero-order valence-corrected chi connectivity index (χ0v) is 13.1. The van der Waals surface area contributed by atoms with Crippen molar-refractivity contribution in [3.63, 3.8) is 0 Å². The van der Waals surface area contributed by atoms with E-state index in [1.165, 1.54) is 17.8 Å². The molecule has 112 valence electrons. The zero-order chi connectivity index (χ0) is 16.3. The molecule has 0 aliphatic rings. The highest BCUT2D eigenvalue weighted by Crippen LogP contribution is 2.37. The van der Waals surface area contributed by atoms with Gasteiger partial charge in [-0.1, -0.05) is 23.4 Å². The molecule has 5 nitrogen and oxygen atoms in total. The number of halogens is 1. The van der Waals surface area contributed by atoms with Crippen LogP contribution >= 0.6 is 23.4 Å². The molecule has 0 fully saturated rings. The van der Waals surface area contributed by atoms with Gasteiger partial charge in [-0.05, 0) is 49.5 Å². The molecule has 0 spiro atoms. The summed E-state index contributed by atoms with van der Waals surface area (Å²) in [5, 5.41) is 11.8. The Morgan fingerprint density at radius 1 is 1.32 bits per heavy atom. The molecule has 0 aromatic heterocycles. The molecule has 2 aromatic rings. The Kier molecular flexibility index (Phi) is 4.95. The lowest BCUT2D eigenvalue weighted by Gasteiger charge is -2.07. The van der Waals surface area contributed by atoms with Crippen molar-refractivity contribution >= 4 is 41.7 Å². The van der Waals surface area contributed by atoms with Crippen LogP contribution in [-0.4, -0.2) is 17.5 Å². The fraction of sp³-hybridized carbons (Fsp3) is 0.0667. The second-order valence-electron chi connectivity index (χ2n) is 4.41. The number of aliphatic imine (C=N–C) groups is 1. The molecule has 0 saturated heterocycles. The third-order valence-electron chi connectivity index (χ3n) is 2.92. The summed E-state index contributed by atoms with van der Waals surface area (Å²) in [6.07, 6.45) is 0. The van der Waals surface area contributed by atoms with E-state index in [1.54, 1.807) is 37.3 Å². The van der Waals surface area contributed by atoms with Crippen molar-refractivity contribution in [3.8, 4) is 0 Å². The van der Waals surface area contributed by atoms with Gasteiger partial charge in [0.15, 0.2) is 0 Å². The van der Waals surface area contributed by atoms with E-state index in [1.807, 2.05) is 0 Å². The van der Waals surface area contributed by atoms with Crippen LogP contribution in [0.15, 0.2) is 51.2 Å². The van der Waals surface area contributed by atoms with Gasteiger partial charge in [0.25, 0.3) is 11.6 Å².